The summed E-state index contributed by atoms with van der Waals surface area (Å²) in [7, 11) is 1.44. The van der Waals surface area contributed by atoms with Crippen LogP contribution >= 0.6 is 0 Å². The molecule has 1 aromatic heterocycles. The number of phenols is 3. The molecule has 0 bridgehead atoms. The van der Waals surface area contributed by atoms with Gasteiger partial charge < -0.3 is 29.2 Å². The first-order valence-electron chi connectivity index (χ1n) is 10.6. The Balaban J connectivity index is 1.92. The van der Waals surface area contributed by atoms with Crippen molar-refractivity contribution in [2.24, 2.45) is 0 Å². The molecule has 0 spiro atoms. The fourth-order valence-corrected chi connectivity index (χ4v) is 4.69. The molecule has 0 saturated carbocycles. The number of methoxy groups -OCH3 is 1. The molecule has 1 aliphatic heterocycles. The number of hydrogen-bond donors (Lipinski definition) is 3. The average Bonchev–Trinajstić information content (AvgIpc) is 2.75. The van der Waals surface area contributed by atoms with Crippen LogP contribution in [-0.4, -0.2) is 28.0 Å². The number of rotatable bonds is 2. The molecular weight excluding hydrogens is 424 g/mol. The number of fused-ring (bicyclic) bond motifs is 5. The largest absolute Gasteiger partial charge is 0.507 e. The quantitative estimate of drug-likeness (QED) is 0.374. The molecule has 7 heteroatoms. The van der Waals surface area contributed by atoms with Gasteiger partial charge in [-0.3, -0.25) is 4.79 Å². The molecule has 7 nitrogen and oxygen atoms in total. The van der Waals surface area contributed by atoms with Gasteiger partial charge in [-0.25, -0.2) is 0 Å². The van der Waals surface area contributed by atoms with Crippen LogP contribution < -0.4 is 14.9 Å². The second kappa shape index (κ2) is 6.81. The van der Waals surface area contributed by atoms with Crippen LogP contribution in [0.1, 0.15) is 43.4 Å². The molecule has 0 unspecified atom stereocenters. The molecular formula is C26H24O7. The normalized spacial score (nSPS) is 17.6. The van der Waals surface area contributed by atoms with E-state index in [4.69, 9.17) is 13.9 Å². The maximum absolute atomic E-state index is 13.5. The third-order valence-corrected chi connectivity index (χ3v) is 6.35. The topological polar surface area (TPSA) is 109 Å². The van der Waals surface area contributed by atoms with Gasteiger partial charge >= 0.3 is 0 Å². The zero-order valence-corrected chi connectivity index (χ0v) is 18.8. The van der Waals surface area contributed by atoms with Crippen LogP contribution in [0.5, 0.6) is 28.7 Å². The van der Waals surface area contributed by atoms with E-state index in [1.807, 2.05) is 13.8 Å². The summed E-state index contributed by atoms with van der Waals surface area (Å²) < 4.78 is 17.3. The van der Waals surface area contributed by atoms with E-state index >= 15 is 0 Å². The number of hydrogen-bond acceptors (Lipinski definition) is 7. The summed E-state index contributed by atoms with van der Waals surface area (Å²) in [5.74, 6) is -0.374. The number of ether oxygens (including phenoxy) is 2. The van der Waals surface area contributed by atoms with Crippen molar-refractivity contribution in [2.45, 2.75) is 38.7 Å². The standard InChI is InChI=1S/C26H24O7/c1-11(2)14-10-15-22(29)19-16(27)8-12(31-5)9-17(19)32-24(15)20-18(14)23(30)25-13(21(20)28)6-7-26(3,4)33-25/h6-9,14,27-28,30H,1,10H2,2-5H3/t14-/m1/s1. The van der Waals surface area contributed by atoms with E-state index in [1.165, 1.54) is 19.2 Å². The highest BCUT2D eigenvalue weighted by molar-refractivity contribution is 5.92. The first kappa shape index (κ1) is 21.0. The molecule has 3 N–H and O–H groups in total. The summed E-state index contributed by atoms with van der Waals surface area (Å²) in [4.78, 5) is 13.5. The maximum Gasteiger partial charge on any atom is 0.200 e. The van der Waals surface area contributed by atoms with Gasteiger partial charge in [0.25, 0.3) is 0 Å². The Hall–Kier alpha value is -3.87. The van der Waals surface area contributed by atoms with E-state index in [9.17, 15) is 20.1 Å². The fourth-order valence-electron chi connectivity index (χ4n) is 4.69. The van der Waals surface area contributed by atoms with Crippen LogP contribution in [0, 0.1) is 0 Å². The van der Waals surface area contributed by atoms with Crippen LogP contribution in [0.4, 0.5) is 0 Å². The molecule has 0 fully saturated rings. The van der Waals surface area contributed by atoms with Crippen molar-refractivity contribution in [3.05, 3.63) is 57.3 Å². The Labute approximate surface area is 189 Å². The first-order chi connectivity index (χ1) is 15.5. The van der Waals surface area contributed by atoms with Gasteiger partial charge in [-0.2, -0.15) is 0 Å². The van der Waals surface area contributed by atoms with E-state index < -0.39 is 16.9 Å². The molecule has 1 atom stereocenters. The van der Waals surface area contributed by atoms with E-state index in [1.54, 1.807) is 19.1 Å². The maximum atomic E-state index is 13.5. The number of benzene rings is 2. The van der Waals surface area contributed by atoms with Gasteiger partial charge in [0.1, 0.15) is 39.6 Å². The number of allylic oxidation sites excluding steroid dienone is 1. The summed E-state index contributed by atoms with van der Waals surface area (Å²) in [5, 5.41) is 33.1. The van der Waals surface area contributed by atoms with Gasteiger partial charge in [0.2, 0.25) is 0 Å². The van der Waals surface area contributed by atoms with Crippen molar-refractivity contribution in [1.29, 1.82) is 0 Å². The van der Waals surface area contributed by atoms with E-state index in [-0.39, 0.29) is 51.7 Å². The lowest BCUT2D eigenvalue weighted by molar-refractivity contribution is 0.151. The highest BCUT2D eigenvalue weighted by Crippen LogP contribution is 2.57. The lowest BCUT2D eigenvalue weighted by Gasteiger charge is -2.34. The average molecular weight is 448 g/mol. The minimum atomic E-state index is -0.673. The third-order valence-electron chi connectivity index (χ3n) is 6.35. The predicted octanol–water partition coefficient (Wildman–Crippen LogP) is 4.99. The summed E-state index contributed by atoms with van der Waals surface area (Å²) in [5.41, 5.74) is 0.928. The van der Waals surface area contributed by atoms with E-state index in [0.29, 0.717) is 28.0 Å². The monoisotopic (exact) mass is 448 g/mol. The molecule has 2 heterocycles. The van der Waals surface area contributed by atoms with Gasteiger partial charge in [-0.05, 0) is 39.3 Å². The SMILES string of the molecule is C=C(C)[C@H]1Cc2c(oc3cc(OC)cc(O)c3c2=O)-c2c(O)c3c(c(O)c21)OC(C)(C)C=C3. The van der Waals surface area contributed by atoms with E-state index in [0.717, 1.165) is 0 Å². The minimum Gasteiger partial charge on any atom is -0.507 e. The van der Waals surface area contributed by atoms with Crippen LogP contribution in [-0.2, 0) is 6.42 Å². The van der Waals surface area contributed by atoms with Crippen LogP contribution in [0.25, 0.3) is 28.4 Å². The summed E-state index contributed by atoms with van der Waals surface area (Å²) in [6, 6.07) is 2.85. The second-order valence-electron chi connectivity index (χ2n) is 9.13. The summed E-state index contributed by atoms with van der Waals surface area (Å²) in [6.45, 7) is 9.54. The van der Waals surface area contributed by atoms with Crippen molar-refractivity contribution in [3.8, 4) is 40.1 Å². The molecule has 1 aliphatic carbocycles. The lowest BCUT2D eigenvalue weighted by atomic mass is 9.76. The Morgan fingerprint density at radius 2 is 1.94 bits per heavy atom. The Bertz CT molecular complexity index is 1460. The summed E-state index contributed by atoms with van der Waals surface area (Å²) in [6.07, 6.45) is 3.65. The first-order valence-corrected chi connectivity index (χ1v) is 10.6. The van der Waals surface area contributed by atoms with Crippen molar-refractivity contribution < 1.29 is 29.2 Å². The Morgan fingerprint density at radius 1 is 1.21 bits per heavy atom. The Morgan fingerprint density at radius 3 is 2.61 bits per heavy atom. The zero-order chi connectivity index (χ0) is 23.8. The van der Waals surface area contributed by atoms with Gasteiger partial charge in [0, 0.05) is 29.2 Å². The van der Waals surface area contributed by atoms with Gasteiger partial charge in [-0.15, -0.1) is 0 Å². The molecule has 0 amide bonds. The third kappa shape index (κ3) is 2.92. The molecule has 2 aromatic carbocycles. The van der Waals surface area contributed by atoms with Crippen LogP contribution in [0.15, 0.2) is 39.6 Å². The smallest absolute Gasteiger partial charge is 0.200 e. The zero-order valence-electron chi connectivity index (χ0n) is 18.8. The van der Waals surface area contributed by atoms with Gasteiger partial charge in [0.05, 0.1) is 18.2 Å². The van der Waals surface area contributed by atoms with Crippen LogP contribution in [0.2, 0.25) is 0 Å². The molecule has 33 heavy (non-hydrogen) atoms. The number of phenolic OH excluding ortho intramolecular Hbond substituents is 3. The Kier molecular flexibility index (Phi) is 4.34. The molecule has 2 aliphatic rings. The second-order valence-corrected chi connectivity index (χ2v) is 9.13. The van der Waals surface area contributed by atoms with Gasteiger partial charge in [0.15, 0.2) is 16.9 Å². The van der Waals surface area contributed by atoms with E-state index in [2.05, 4.69) is 6.58 Å². The highest BCUT2D eigenvalue weighted by Gasteiger charge is 2.39. The molecule has 0 saturated heterocycles. The number of aromatic hydroxyl groups is 3. The molecule has 3 aromatic rings. The predicted molar refractivity (Wildman–Crippen MR) is 124 cm³/mol. The highest BCUT2D eigenvalue weighted by atomic mass is 16.5. The van der Waals surface area contributed by atoms with Crippen molar-refractivity contribution >= 4 is 17.0 Å². The van der Waals surface area contributed by atoms with Crippen molar-refractivity contribution in [2.75, 3.05) is 7.11 Å². The molecule has 0 radical (unpaired) electrons. The fraction of sp³-hybridized carbons (Fsp3) is 0.269. The molecule has 170 valence electrons. The lowest BCUT2D eigenvalue weighted by Crippen LogP contribution is -2.28. The molecule has 5 rings (SSSR count). The van der Waals surface area contributed by atoms with Gasteiger partial charge in [-0.1, -0.05) is 12.2 Å². The van der Waals surface area contributed by atoms with Crippen LogP contribution in [0.3, 0.4) is 0 Å². The minimum absolute atomic E-state index is 0.0325. The van der Waals surface area contributed by atoms with Crippen molar-refractivity contribution in [3.63, 3.8) is 0 Å². The van der Waals surface area contributed by atoms with Crippen molar-refractivity contribution in [1.82, 2.24) is 0 Å². The summed E-state index contributed by atoms with van der Waals surface area (Å²) >= 11 is 0.